The number of piperazine rings is 1. The van der Waals surface area contributed by atoms with Crippen LogP contribution in [-0.4, -0.2) is 62.5 Å². The molecule has 8 heteroatoms. The lowest BCUT2D eigenvalue weighted by molar-refractivity contribution is 0.178. The van der Waals surface area contributed by atoms with Gasteiger partial charge in [-0.2, -0.15) is 4.52 Å². The SMILES string of the molecule is COc1cccc(CN2CCN(c3ccc4nnc(C)n4n3)CC2C)n1. The summed E-state index contributed by atoms with van der Waals surface area (Å²) in [6.07, 6.45) is 0. The normalized spacial score (nSPS) is 18.4. The minimum absolute atomic E-state index is 0.399. The van der Waals surface area contributed by atoms with Gasteiger partial charge >= 0.3 is 0 Å². The van der Waals surface area contributed by atoms with Crippen molar-refractivity contribution in [2.75, 3.05) is 31.6 Å². The molecule has 0 spiro atoms. The van der Waals surface area contributed by atoms with E-state index in [-0.39, 0.29) is 0 Å². The molecule has 1 fully saturated rings. The van der Waals surface area contributed by atoms with Crippen LogP contribution in [0.2, 0.25) is 0 Å². The van der Waals surface area contributed by atoms with Gasteiger partial charge in [0.1, 0.15) is 5.82 Å². The van der Waals surface area contributed by atoms with E-state index in [4.69, 9.17) is 9.84 Å². The largest absolute Gasteiger partial charge is 0.481 e. The molecule has 136 valence electrons. The molecular weight excluding hydrogens is 330 g/mol. The van der Waals surface area contributed by atoms with E-state index >= 15 is 0 Å². The first-order chi connectivity index (χ1) is 12.6. The molecule has 1 aliphatic rings. The Bertz CT molecular complexity index is 909. The zero-order chi connectivity index (χ0) is 18.1. The fourth-order valence-electron chi connectivity index (χ4n) is 3.36. The molecular formula is C18H23N7O. The van der Waals surface area contributed by atoms with E-state index in [1.54, 1.807) is 11.6 Å². The monoisotopic (exact) mass is 353 g/mol. The number of ether oxygens (including phenoxy) is 1. The maximum atomic E-state index is 5.23. The zero-order valence-electron chi connectivity index (χ0n) is 15.3. The number of anilines is 1. The third-order valence-corrected chi connectivity index (χ3v) is 4.85. The number of fused-ring (bicyclic) bond motifs is 1. The first-order valence-corrected chi connectivity index (χ1v) is 8.82. The summed E-state index contributed by atoms with van der Waals surface area (Å²) in [6, 6.07) is 10.3. The number of aryl methyl sites for hydroxylation is 1. The van der Waals surface area contributed by atoms with Gasteiger partial charge < -0.3 is 9.64 Å². The summed E-state index contributed by atoms with van der Waals surface area (Å²) in [5.41, 5.74) is 1.81. The summed E-state index contributed by atoms with van der Waals surface area (Å²) in [4.78, 5) is 9.29. The highest BCUT2D eigenvalue weighted by Gasteiger charge is 2.25. The van der Waals surface area contributed by atoms with Crippen LogP contribution in [0, 0.1) is 6.92 Å². The molecule has 0 radical (unpaired) electrons. The van der Waals surface area contributed by atoms with Crippen molar-refractivity contribution in [3.63, 3.8) is 0 Å². The van der Waals surface area contributed by atoms with Gasteiger partial charge in [0.25, 0.3) is 0 Å². The third kappa shape index (κ3) is 3.20. The molecule has 0 aliphatic carbocycles. The molecule has 1 saturated heterocycles. The maximum Gasteiger partial charge on any atom is 0.213 e. The van der Waals surface area contributed by atoms with Crippen molar-refractivity contribution >= 4 is 11.5 Å². The highest BCUT2D eigenvalue weighted by molar-refractivity contribution is 5.46. The Morgan fingerprint density at radius 1 is 1.15 bits per heavy atom. The number of methoxy groups -OCH3 is 1. The van der Waals surface area contributed by atoms with Crippen LogP contribution in [0.25, 0.3) is 5.65 Å². The first-order valence-electron chi connectivity index (χ1n) is 8.82. The predicted octanol–water partition coefficient (Wildman–Crippen LogP) is 1.55. The fraction of sp³-hybridized carbons (Fsp3) is 0.444. The Labute approximate surface area is 152 Å². The highest BCUT2D eigenvalue weighted by atomic mass is 16.5. The van der Waals surface area contributed by atoms with Crippen molar-refractivity contribution in [1.82, 2.24) is 29.7 Å². The van der Waals surface area contributed by atoms with Gasteiger partial charge in [-0.15, -0.1) is 15.3 Å². The molecule has 0 saturated carbocycles. The maximum absolute atomic E-state index is 5.23. The van der Waals surface area contributed by atoms with Gasteiger partial charge in [-0.1, -0.05) is 6.07 Å². The van der Waals surface area contributed by atoms with E-state index in [2.05, 4.69) is 31.9 Å². The lowest BCUT2D eigenvalue weighted by Crippen LogP contribution is -2.51. The topological polar surface area (TPSA) is 71.7 Å². The smallest absolute Gasteiger partial charge is 0.213 e. The van der Waals surface area contributed by atoms with Gasteiger partial charge in [-0.3, -0.25) is 4.90 Å². The van der Waals surface area contributed by atoms with Crippen molar-refractivity contribution in [3.8, 4) is 5.88 Å². The van der Waals surface area contributed by atoms with E-state index in [1.165, 1.54) is 0 Å². The Balaban J connectivity index is 1.46. The number of pyridine rings is 1. The molecule has 0 aromatic carbocycles. The summed E-state index contributed by atoms with van der Waals surface area (Å²) in [5.74, 6) is 2.43. The molecule has 1 atom stereocenters. The molecule has 3 aromatic rings. The van der Waals surface area contributed by atoms with E-state index in [1.807, 2.05) is 37.3 Å². The van der Waals surface area contributed by atoms with Crippen LogP contribution in [-0.2, 0) is 6.54 Å². The highest BCUT2D eigenvalue weighted by Crippen LogP contribution is 2.19. The average Bonchev–Trinajstić information content (AvgIpc) is 3.04. The lowest BCUT2D eigenvalue weighted by Gasteiger charge is -2.40. The Kier molecular flexibility index (Phi) is 4.42. The number of nitrogens with zero attached hydrogens (tertiary/aromatic N) is 7. The molecule has 4 heterocycles. The number of rotatable bonds is 4. The first kappa shape index (κ1) is 16.7. The van der Waals surface area contributed by atoms with Gasteiger partial charge in [-0.05, 0) is 32.0 Å². The summed E-state index contributed by atoms with van der Waals surface area (Å²) in [6.45, 7) is 7.79. The van der Waals surface area contributed by atoms with E-state index in [0.717, 1.165) is 49.2 Å². The molecule has 1 unspecified atom stereocenters. The minimum Gasteiger partial charge on any atom is -0.481 e. The summed E-state index contributed by atoms with van der Waals surface area (Å²) in [7, 11) is 1.65. The molecule has 3 aromatic heterocycles. The number of hydrogen-bond acceptors (Lipinski definition) is 7. The molecule has 0 amide bonds. The van der Waals surface area contributed by atoms with Gasteiger partial charge in [-0.25, -0.2) is 4.98 Å². The van der Waals surface area contributed by atoms with Crippen LogP contribution in [0.3, 0.4) is 0 Å². The lowest BCUT2D eigenvalue weighted by atomic mass is 10.1. The van der Waals surface area contributed by atoms with Crippen LogP contribution in [0.1, 0.15) is 18.4 Å². The van der Waals surface area contributed by atoms with Crippen molar-refractivity contribution in [1.29, 1.82) is 0 Å². The van der Waals surface area contributed by atoms with Crippen LogP contribution in [0.5, 0.6) is 5.88 Å². The Morgan fingerprint density at radius 3 is 2.85 bits per heavy atom. The van der Waals surface area contributed by atoms with Crippen LogP contribution < -0.4 is 9.64 Å². The zero-order valence-corrected chi connectivity index (χ0v) is 15.3. The molecule has 0 bridgehead atoms. The molecule has 1 aliphatic heterocycles. The summed E-state index contributed by atoms with van der Waals surface area (Å²) >= 11 is 0. The fourth-order valence-corrected chi connectivity index (χ4v) is 3.36. The summed E-state index contributed by atoms with van der Waals surface area (Å²) in [5, 5.41) is 12.9. The summed E-state index contributed by atoms with van der Waals surface area (Å²) < 4.78 is 7.02. The molecule has 8 nitrogen and oxygen atoms in total. The quantitative estimate of drug-likeness (QED) is 0.704. The molecule has 0 N–H and O–H groups in total. The van der Waals surface area contributed by atoms with E-state index in [0.29, 0.717) is 11.9 Å². The standard InChI is InChI=1S/C18H23N7O/c1-13-11-24(17-8-7-16-21-20-14(2)25(16)22-17)10-9-23(13)12-15-5-4-6-18(19-15)26-3/h4-8,13H,9-12H2,1-3H3. The third-order valence-electron chi connectivity index (χ3n) is 4.85. The Morgan fingerprint density at radius 2 is 2.04 bits per heavy atom. The van der Waals surface area contributed by atoms with Crippen molar-refractivity contribution in [2.45, 2.75) is 26.4 Å². The predicted molar refractivity (Wildman–Crippen MR) is 98.4 cm³/mol. The average molecular weight is 353 g/mol. The van der Waals surface area contributed by atoms with Gasteiger partial charge in [0.2, 0.25) is 5.88 Å². The van der Waals surface area contributed by atoms with Crippen molar-refractivity contribution in [3.05, 3.63) is 41.9 Å². The van der Waals surface area contributed by atoms with Crippen LogP contribution in [0.4, 0.5) is 5.82 Å². The second-order valence-corrected chi connectivity index (χ2v) is 6.65. The van der Waals surface area contributed by atoms with E-state index in [9.17, 15) is 0 Å². The number of hydrogen-bond donors (Lipinski definition) is 0. The molecule has 26 heavy (non-hydrogen) atoms. The molecule has 4 rings (SSSR count). The number of aromatic nitrogens is 5. The second kappa shape index (κ2) is 6.87. The van der Waals surface area contributed by atoms with Crippen molar-refractivity contribution in [2.24, 2.45) is 0 Å². The second-order valence-electron chi connectivity index (χ2n) is 6.65. The van der Waals surface area contributed by atoms with Gasteiger partial charge in [0.05, 0.1) is 12.8 Å². The minimum atomic E-state index is 0.399. The van der Waals surface area contributed by atoms with Crippen LogP contribution in [0.15, 0.2) is 30.3 Å². The van der Waals surface area contributed by atoms with Gasteiger partial charge in [0.15, 0.2) is 11.5 Å². The van der Waals surface area contributed by atoms with Gasteiger partial charge in [0, 0.05) is 38.3 Å². The Hall–Kier alpha value is -2.74. The van der Waals surface area contributed by atoms with Crippen molar-refractivity contribution < 1.29 is 4.74 Å². The van der Waals surface area contributed by atoms with Crippen LogP contribution >= 0.6 is 0 Å². The van der Waals surface area contributed by atoms with E-state index < -0.39 is 0 Å².